The number of amides is 1. The van der Waals surface area contributed by atoms with Crippen LogP contribution in [0.15, 0.2) is 83.8 Å². The van der Waals surface area contributed by atoms with Crippen LogP contribution < -0.4 is 9.21 Å². The molecule has 0 radical (unpaired) electrons. The molecule has 150 valence electrons. The van der Waals surface area contributed by atoms with Gasteiger partial charge in [0.15, 0.2) is 0 Å². The largest absolute Gasteiger partial charge is 0.311 e. The van der Waals surface area contributed by atoms with Crippen LogP contribution in [0.3, 0.4) is 0 Å². The average Bonchev–Trinajstić information content (AvgIpc) is 2.98. The fourth-order valence-corrected chi connectivity index (χ4v) is 5.92. The standard InChI is InChI=1S/C24H20N2O3S/c1-2-25(20-13-5-9-17-8-3-4-12-19(17)20)23(27)16-26-21-14-6-10-18-11-7-15-22(24(18)21)30(26,28)29/h3-15H,2,16H2,1H3. The van der Waals surface area contributed by atoms with Gasteiger partial charge >= 0.3 is 0 Å². The smallest absolute Gasteiger partial charge is 0.265 e. The Hall–Kier alpha value is -3.38. The van der Waals surface area contributed by atoms with Crippen molar-refractivity contribution < 1.29 is 13.2 Å². The summed E-state index contributed by atoms with van der Waals surface area (Å²) in [6, 6.07) is 24.4. The van der Waals surface area contributed by atoms with Crippen LogP contribution in [-0.2, 0) is 14.8 Å². The van der Waals surface area contributed by atoms with Crippen molar-refractivity contribution in [2.45, 2.75) is 11.8 Å². The van der Waals surface area contributed by atoms with Gasteiger partial charge in [-0.3, -0.25) is 9.10 Å². The molecular weight excluding hydrogens is 396 g/mol. The van der Waals surface area contributed by atoms with E-state index in [0.717, 1.165) is 21.8 Å². The number of rotatable bonds is 4. The second-order valence-corrected chi connectivity index (χ2v) is 9.11. The van der Waals surface area contributed by atoms with Crippen molar-refractivity contribution in [2.24, 2.45) is 0 Å². The third kappa shape index (κ3) is 2.68. The Bertz CT molecular complexity index is 1400. The van der Waals surface area contributed by atoms with Crippen LogP contribution in [0.25, 0.3) is 21.5 Å². The molecule has 0 aromatic heterocycles. The van der Waals surface area contributed by atoms with Gasteiger partial charge in [0.2, 0.25) is 5.91 Å². The molecular formula is C24H20N2O3S. The van der Waals surface area contributed by atoms with E-state index in [0.29, 0.717) is 17.6 Å². The van der Waals surface area contributed by atoms with Crippen molar-refractivity contribution in [3.8, 4) is 0 Å². The van der Waals surface area contributed by atoms with Crippen LogP contribution >= 0.6 is 0 Å². The summed E-state index contributed by atoms with van der Waals surface area (Å²) in [6.07, 6.45) is 0. The van der Waals surface area contributed by atoms with E-state index in [1.54, 1.807) is 23.1 Å². The van der Waals surface area contributed by atoms with Gasteiger partial charge in [-0.05, 0) is 35.9 Å². The lowest BCUT2D eigenvalue weighted by Crippen LogP contribution is -2.41. The van der Waals surface area contributed by atoms with Gasteiger partial charge in [-0.1, -0.05) is 60.7 Å². The third-order valence-corrected chi connectivity index (χ3v) is 7.44. The van der Waals surface area contributed by atoms with E-state index in [9.17, 15) is 13.2 Å². The highest BCUT2D eigenvalue weighted by Crippen LogP contribution is 2.42. The van der Waals surface area contributed by atoms with E-state index >= 15 is 0 Å². The maximum Gasteiger partial charge on any atom is 0.265 e. The lowest BCUT2D eigenvalue weighted by molar-refractivity contribution is -0.117. The Morgan fingerprint density at radius 3 is 2.33 bits per heavy atom. The molecule has 1 aliphatic heterocycles. The molecule has 0 saturated carbocycles. The van der Waals surface area contributed by atoms with Crippen molar-refractivity contribution in [3.63, 3.8) is 0 Å². The van der Waals surface area contributed by atoms with Gasteiger partial charge in [0.25, 0.3) is 10.0 Å². The van der Waals surface area contributed by atoms with Crippen LogP contribution in [0.2, 0.25) is 0 Å². The van der Waals surface area contributed by atoms with Crippen LogP contribution in [0.5, 0.6) is 0 Å². The van der Waals surface area contributed by atoms with Crippen molar-refractivity contribution in [2.75, 3.05) is 22.3 Å². The minimum atomic E-state index is -3.77. The first-order valence-electron chi connectivity index (χ1n) is 9.85. The zero-order valence-corrected chi connectivity index (χ0v) is 17.3. The zero-order chi connectivity index (χ0) is 20.9. The van der Waals surface area contributed by atoms with Crippen molar-refractivity contribution in [3.05, 3.63) is 78.9 Å². The molecule has 30 heavy (non-hydrogen) atoms. The number of anilines is 2. The summed E-state index contributed by atoms with van der Waals surface area (Å²) >= 11 is 0. The number of nitrogens with zero attached hydrogens (tertiary/aromatic N) is 2. The Morgan fingerprint density at radius 1 is 0.867 bits per heavy atom. The van der Waals surface area contributed by atoms with Gasteiger partial charge in [0.05, 0.1) is 16.3 Å². The van der Waals surface area contributed by atoms with Crippen LogP contribution in [-0.4, -0.2) is 27.4 Å². The molecule has 0 aliphatic carbocycles. The number of likely N-dealkylation sites (N-methyl/N-ethyl adjacent to an activating group) is 1. The monoisotopic (exact) mass is 416 g/mol. The van der Waals surface area contributed by atoms with Crippen molar-refractivity contribution in [1.82, 2.24) is 0 Å². The fourth-order valence-electron chi connectivity index (χ4n) is 4.26. The highest BCUT2D eigenvalue weighted by atomic mass is 32.2. The minimum absolute atomic E-state index is 0.243. The Balaban J connectivity index is 1.56. The molecule has 1 heterocycles. The molecule has 0 fully saturated rings. The molecule has 0 atom stereocenters. The summed E-state index contributed by atoms with van der Waals surface area (Å²) in [5, 5.41) is 3.53. The van der Waals surface area contributed by atoms with Crippen LogP contribution in [0.4, 0.5) is 11.4 Å². The fraction of sp³-hybridized carbons (Fsp3) is 0.125. The number of sulfonamides is 1. The minimum Gasteiger partial charge on any atom is -0.311 e. The number of carbonyl (C=O) groups excluding carboxylic acids is 1. The van der Waals surface area contributed by atoms with E-state index in [1.165, 1.54) is 4.31 Å². The molecule has 0 N–H and O–H groups in total. The molecule has 6 heteroatoms. The molecule has 1 amide bonds. The normalized spacial score (nSPS) is 14.4. The Labute approximate surface area is 175 Å². The Morgan fingerprint density at radius 2 is 1.53 bits per heavy atom. The molecule has 5 rings (SSSR count). The van der Waals surface area contributed by atoms with Gasteiger partial charge in [0.1, 0.15) is 6.54 Å². The second kappa shape index (κ2) is 6.85. The van der Waals surface area contributed by atoms with E-state index in [4.69, 9.17) is 0 Å². The van der Waals surface area contributed by atoms with Gasteiger partial charge in [-0.25, -0.2) is 8.42 Å². The van der Waals surface area contributed by atoms with E-state index in [2.05, 4.69) is 0 Å². The number of fused-ring (bicyclic) bond motifs is 1. The van der Waals surface area contributed by atoms with E-state index in [-0.39, 0.29) is 17.3 Å². The third-order valence-electron chi connectivity index (χ3n) is 5.63. The SMILES string of the molecule is CCN(C(=O)CN1c2cccc3cccc(c23)S1(=O)=O)c1cccc2ccccc12. The molecule has 5 nitrogen and oxygen atoms in total. The predicted molar refractivity (Wildman–Crippen MR) is 120 cm³/mol. The molecule has 0 spiro atoms. The summed E-state index contributed by atoms with van der Waals surface area (Å²) in [5.41, 5.74) is 1.35. The summed E-state index contributed by atoms with van der Waals surface area (Å²) < 4.78 is 27.7. The molecule has 1 aliphatic rings. The van der Waals surface area contributed by atoms with Gasteiger partial charge < -0.3 is 4.90 Å². The lowest BCUT2D eigenvalue weighted by Gasteiger charge is -2.26. The summed E-state index contributed by atoms with van der Waals surface area (Å²) in [5.74, 6) is -0.262. The molecule has 4 aromatic rings. The van der Waals surface area contributed by atoms with Crippen molar-refractivity contribution >= 4 is 48.9 Å². The van der Waals surface area contributed by atoms with Gasteiger partial charge in [-0.2, -0.15) is 0 Å². The summed E-state index contributed by atoms with van der Waals surface area (Å²) in [7, 11) is -3.77. The molecule has 0 unspecified atom stereocenters. The highest BCUT2D eigenvalue weighted by Gasteiger charge is 2.37. The highest BCUT2D eigenvalue weighted by molar-refractivity contribution is 7.93. The van der Waals surface area contributed by atoms with Crippen LogP contribution in [0, 0.1) is 0 Å². The Kier molecular flexibility index (Phi) is 4.25. The molecule has 0 saturated heterocycles. The maximum absolute atomic E-state index is 13.4. The first-order valence-corrected chi connectivity index (χ1v) is 11.3. The second-order valence-electron chi connectivity index (χ2n) is 7.28. The van der Waals surface area contributed by atoms with Gasteiger partial charge in [0, 0.05) is 17.3 Å². The van der Waals surface area contributed by atoms with Crippen molar-refractivity contribution in [1.29, 1.82) is 0 Å². The number of hydrogen-bond donors (Lipinski definition) is 0. The summed E-state index contributed by atoms with van der Waals surface area (Å²) in [4.78, 5) is 15.3. The first-order chi connectivity index (χ1) is 14.5. The van der Waals surface area contributed by atoms with Crippen LogP contribution in [0.1, 0.15) is 6.92 Å². The summed E-state index contributed by atoms with van der Waals surface area (Å²) in [6.45, 7) is 2.10. The lowest BCUT2D eigenvalue weighted by atomic mass is 10.1. The topological polar surface area (TPSA) is 57.7 Å². The number of benzene rings is 4. The van der Waals surface area contributed by atoms with E-state index < -0.39 is 10.0 Å². The zero-order valence-electron chi connectivity index (χ0n) is 16.4. The average molecular weight is 417 g/mol. The maximum atomic E-state index is 13.4. The first kappa shape index (κ1) is 18.6. The molecule has 4 aromatic carbocycles. The predicted octanol–water partition coefficient (Wildman–Crippen LogP) is 4.55. The van der Waals surface area contributed by atoms with E-state index in [1.807, 2.05) is 67.6 Å². The number of hydrogen-bond acceptors (Lipinski definition) is 3. The number of carbonyl (C=O) groups is 1. The molecule has 0 bridgehead atoms. The van der Waals surface area contributed by atoms with Gasteiger partial charge in [-0.15, -0.1) is 0 Å². The quantitative estimate of drug-likeness (QED) is 0.490.